The van der Waals surface area contributed by atoms with Gasteiger partial charge < -0.3 is 10.1 Å². The lowest BCUT2D eigenvalue weighted by molar-refractivity contribution is 0.288. The van der Waals surface area contributed by atoms with Crippen molar-refractivity contribution in [3.63, 3.8) is 0 Å². The normalized spacial score (nSPS) is 15.2. The van der Waals surface area contributed by atoms with Gasteiger partial charge in [-0.2, -0.15) is 0 Å². The van der Waals surface area contributed by atoms with Crippen LogP contribution in [0, 0.1) is 12.7 Å². The lowest BCUT2D eigenvalue weighted by atomic mass is 9.94. The molecule has 2 aromatic rings. The van der Waals surface area contributed by atoms with Gasteiger partial charge in [-0.25, -0.2) is 4.39 Å². The maximum atomic E-state index is 13.7. The molecule has 0 spiro atoms. The predicted octanol–water partition coefficient (Wildman–Crippen LogP) is 3.77. The summed E-state index contributed by atoms with van der Waals surface area (Å²) in [6.07, 6.45) is 2.10. The minimum atomic E-state index is -0.188. The van der Waals surface area contributed by atoms with Crippen LogP contribution in [0.5, 0.6) is 5.75 Å². The van der Waals surface area contributed by atoms with E-state index < -0.39 is 0 Å². The average Bonchev–Trinajstić information content (AvgIpc) is 2.47. The van der Waals surface area contributed by atoms with Gasteiger partial charge in [-0.1, -0.05) is 18.2 Å². The molecule has 0 fully saturated rings. The minimum Gasteiger partial charge on any atom is -0.493 e. The van der Waals surface area contributed by atoms with Crippen LogP contribution in [0.2, 0.25) is 0 Å². The molecule has 21 heavy (non-hydrogen) atoms. The summed E-state index contributed by atoms with van der Waals surface area (Å²) >= 11 is 0. The summed E-state index contributed by atoms with van der Waals surface area (Å²) in [5.41, 5.74) is 4.28. The number of nitrogens with one attached hydrogen (secondary N) is 1. The Labute approximate surface area is 125 Å². The van der Waals surface area contributed by atoms with Gasteiger partial charge in [-0.15, -0.1) is 0 Å². The van der Waals surface area contributed by atoms with Crippen molar-refractivity contribution in [2.45, 2.75) is 25.8 Å². The Kier molecular flexibility index (Phi) is 3.93. The monoisotopic (exact) mass is 285 g/mol. The molecular formula is C18H20FNO. The number of benzene rings is 2. The van der Waals surface area contributed by atoms with Crippen LogP contribution in [0.1, 0.15) is 34.7 Å². The third kappa shape index (κ3) is 2.93. The fourth-order valence-electron chi connectivity index (χ4n) is 3.02. The van der Waals surface area contributed by atoms with E-state index in [2.05, 4.69) is 17.4 Å². The van der Waals surface area contributed by atoms with E-state index in [1.54, 1.807) is 12.1 Å². The van der Waals surface area contributed by atoms with Crippen LogP contribution in [0.15, 0.2) is 36.4 Å². The molecule has 1 aliphatic rings. The first-order valence-electron chi connectivity index (χ1n) is 7.37. The summed E-state index contributed by atoms with van der Waals surface area (Å²) in [7, 11) is 1.90. The van der Waals surface area contributed by atoms with Crippen molar-refractivity contribution in [3.8, 4) is 5.75 Å². The van der Waals surface area contributed by atoms with Crippen molar-refractivity contribution in [1.82, 2.24) is 5.32 Å². The van der Waals surface area contributed by atoms with Crippen molar-refractivity contribution in [2.75, 3.05) is 13.7 Å². The summed E-state index contributed by atoms with van der Waals surface area (Å²) in [6, 6.07) is 11.4. The maximum absolute atomic E-state index is 13.7. The molecule has 0 radical (unpaired) electrons. The molecule has 3 rings (SSSR count). The SMILES string of the molecule is CNC(c1cc(C)cc(F)c1)c1ccc2c(c1)CCCO2. The van der Waals surface area contributed by atoms with Crippen LogP contribution in [-0.2, 0) is 6.42 Å². The Hall–Kier alpha value is -1.87. The topological polar surface area (TPSA) is 21.3 Å². The van der Waals surface area contributed by atoms with Gasteiger partial charge in [-0.05, 0) is 67.3 Å². The molecule has 0 bridgehead atoms. The van der Waals surface area contributed by atoms with Crippen LogP contribution >= 0.6 is 0 Å². The Morgan fingerprint density at radius 3 is 2.76 bits per heavy atom. The second-order valence-electron chi connectivity index (χ2n) is 5.60. The largest absolute Gasteiger partial charge is 0.493 e. The van der Waals surface area contributed by atoms with Crippen molar-refractivity contribution in [3.05, 3.63) is 64.5 Å². The molecule has 0 amide bonds. The highest BCUT2D eigenvalue weighted by atomic mass is 19.1. The molecule has 1 heterocycles. The number of aryl methyl sites for hydroxylation is 2. The minimum absolute atomic E-state index is 0.00775. The first-order valence-corrected chi connectivity index (χ1v) is 7.37. The average molecular weight is 285 g/mol. The smallest absolute Gasteiger partial charge is 0.123 e. The fourth-order valence-corrected chi connectivity index (χ4v) is 3.02. The van der Waals surface area contributed by atoms with E-state index in [9.17, 15) is 4.39 Å². The molecule has 2 aromatic carbocycles. The Balaban J connectivity index is 1.99. The lowest BCUT2D eigenvalue weighted by Gasteiger charge is -2.22. The van der Waals surface area contributed by atoms with E-state index in [0.717, 1.165) is 41.9 Å². The van der Waals surface area contributed by atoms with Gasteiger partial charge in [0.25, 0.3) is 0 Å². The van der Waals surface area contributed by atoms with E-state index in [1.165, 1.54) is 5.56 Å². The molecule has 2 nitrogen and oxygen atoms in total. The van der Waals surface area contributed by atoms with E-state index >= 15 is 0 Å². The molecule has 1 atom stereocenters. The highest BCUT2D eigenvalue weighted by molar-refractivity contribution is 5.43. The summed E-state index contributed by atoms with van der Waals surface area (Å²) in [5.74, 6) is 0.793. The summed E-state index contributed by atoms with van der Waals surface area (Å²) in [6.45, 7) is 2.71. The zero-order chi connectivity index (χ0) is 14.8. The number of halogens is 1. The van der Waals surface area contributed by atoms with E-state index in [4.69, 9.17) is 4.74 Å². The van der Waals surface area contributed by atoms with Crippen LogP contribution in [0.4, 0.5) is 4.39 Å². The van der Waals surface area contributed by atoms with Gasteiger partial charge in [0.15, 0.2) is 0 Å². The zero-order valence-corrected chi connectivity index (χ0v) is 12.4. The number of hydrogen-bond donors (Lipinski definition) is 1. The van der Waals surface area contributed by atoms with Crippen molar-refractivity contribution >= 4 is 0 Å². The molecule has 0 saturated heterocycles. The van der Waals surface area contributed by atoms with Crippen molar-refractivity contribution in [2.24, 2.45) is 0 Å². The predicted molar refractivity (Wildman–Crippen MR) is 82.3 cm³/mol. The fraction of sp³-hybridized carbons (Fsp3) is 0.333. The molecule has 1 N–H and O–H groups in total. The molecular weight excluding hydrogens is 265 g/mol. The first-order chi connectivity index (χ1) is 10.2. The summed E-state index contributed by atoms with van der Waals surface area (Å²) in [5, 5.41) is 3.29. The van der Waals surface area contributed by atoms with Gasteiger partial charge >= 0.3 is 0 Å². The highest BCUT2D eigenvalue weighted by Crippen LogP contribution is 2.30. The summed E-state index contributed by atoms with van der Waals surface area (Å²) < 4.78 is 19.3. The van der Waals surface area contributed by atoms with Gasteiger partial charge in [0.05, 0.1) is 12.6 Å². The van der Waals surface area contributed by atoms with Crippen molar-refractivity contribution < 1.29 is 9.13 Å². The van der Waals surface area contributed by atoms with Crippen molar-refractivity contribution in [1.29, 1.82) is 0 Å². The van der Waals surface area contributed by atoms with Gasteiger partial charge in [-0.3, -0.25) is 0 Å². The number of rotatable bonds is 3. The Morgan fingerprint density at radius 2 is 2.00 bits per heavy atom. The Morgan fingerprint density at radius 1 is 1.14 bits per heavy atom. The van der Waals surface area contributed by atoms with Gasteiger partial charge in [0.1, 0.15) is 11.6 Å². The third-order valence-electron chi connectivity index (χ3n) is 3.95. The van der Waals surface area contributed by atoms with Crippen LogP contribution < -0.4 is 10.1 Å². The van der Waals surface area contributed by atoms with Crippen LogP contribution in [0.3, 0.4) is 0 Å². The second-order valence-corrected chi connectivity index (χ2v) is 5.60. The van der Waals surface area contributed by atoms with Gasteiger partial charge in [0, 0.05) is 0 Å². The molecule has 110 valence electrons. The number of hydrogen-bond acceptors (Lipinski definition) is 2. The van der Waals surface area contributed by atoms with Crippen LogP contribution in [-0.4, -0.2) is 13.7 Å². The summed E-state index contributed by atoms with van der Waals surface area (Å²) in [4.78, 5) is 0. The quantitative estimate of drug-likeness (QED) is 0.927. The Bertz CT molecular complexity index is 633. The molecule has 3 heteroatoms. The van der Waals surface area contributed by atoms with Gasteiger partial charge in [0.2, 0.25) is 0 Å². The molecule has 0 saturated carbocycles. The standard InChI is InChI=1S/C18H20FNO/c1-12-8-15(11-16(19)9-12)18(20-2)14-5-6-17-13(10-14)4-3-7-21-17/h5-6,8-11,18,20H,3-4,7H2,1-2H3. The lowest BCUT2D eigenvalue weighted by Crippen LogP contribution is -2.19. The maximum Gasteiger partial charge on any atom is 0.123 e. The van der Waals surface area contributed by atoms with E-state index in [0.29, 0.717) is 0 Å². The molecule has 1 aliphatic heterocycles. The molecule has 1 unspecified atom stereocenters. The highest BCUT2D eigenvalue weighted by Gasteiger charge is 2.17. The molecule has 0 aliphatic carbocycles. The first kappa shape index (κ1) is 14.1. The molecule has 0 aromatic heterocycles. The van der Waals surface area contributed by atoms with E-state index in [1.807, 2.05) is 26.1 Å². The number of fused-ring (bicyclic) bond motifs is 1. The second kappa shape index (κ2) is 5.86. The zero-order valence-electron chi connectivity index (χ0n) is 12.4. The van der Waals surface area contributed by atoms with Crippen LogP contribution in [0.25, 0.3) is 0 Å². The van der Waals surface area contributed by atoms with E-state index in [-0.39, 0.29) is 11.9 Å². The number of ether oxygens (including phenoxy) is 1. The third-order valence-corrected chi connectivity index (χ3v) is 3.95.